The number of amides is 1. The zero-order valence-corrected chi connectivity index (χ0v) is 14.8. The predicted octanol–water partition coefficient (Wildman–Crippen LogP) is 5.02. The molecule has 0 bridgehead atoms. The fourth-order valence-electron chi connectivity index (χ4n) is 2.44. The molecule has 1 amide bonds. The number of anilines is 1. The van der Waals surface area contributed by atoms with Gasteiger partial charge >= 0.3 is 5.97 Å². The highest BCUT2D eigenvalue weighted by molar-refractivity contribution is 6.33. The molecule has 3 rings (SSSR count). The van der Waals surface area contributed by atoms with E-state index in [2.05, 4.69) is 5.32 Å². The molecule has 0 fully saturated rings. The fourth-order valence-corrected chi connectivity index (χ4v) is 2.65. The van der Waals surface area contributed by atoms with Crippen LogP contribution in [0, 0.1) is 5.82 Å². The number of rotatable bonds is 5. The van der Waals surface area contributed by atoms with Gasteiger partial charge in [0.05, 0.1) is 10.6 Å². The van der Waals surface area contributed by atoms with Crippen LogP contribution in [0.3, 0.4) is 0 Å². The summed E-state index contributed by atoms with van der Waals surface area (Å²) < 4.78 is 18.5. The van der Waals surface area contributed by atoms with E-state index in [0.29, 0.717) is 11.3 Å². The molecule has 1 N–H and O–H groups in total. The molecular weight excluding hydrogens is 369 g/mol. The van der Waals surface area contributed by atoms with E-state index in [1.165, 1.54) is 30.3 Å². The van der Waals surface area contributed by atoms with Crippen LogP contribution in [-0.2, 0) is 9.53 Å². The van der Waals surface area contributed by atoms with E-state index in [-0.39, 0.29) is 10.6 Å². The Balaban J connectivity index is 1.85. The lowest BCUT2D eigenvalue weighted by atomic mass is 10.1. The van der Waals surface area contributed by atoms with Crippen LogP contribution in [0.4, 0.5) is 10.1 Å². The molecule has 0 aliphatic heterocycles. The summed E-state index contributed by atoms with van der Waals surface area (Å²) in [6.07, 6.45) is -1.19. The smallest absolute Gasteiger partial charge is 0.340 e. The summed E-state index contributed by atoms with van der Waals surface area (Å²) in [5, 5.41) is 2.85. The Labute approximate surface area is 160 Å². The molecule has 0 saturated heterocycles. The second-order valence-corrected chi connectivity index (χ2v) is 6.08. The molecule has 6 heteroatoms. The molecule has 1 unspecified atom stereocenters. The normalized spacial score (nSPS) is 11.5. The van der Waals surface area contributed by atoms with Crippen LogP contribution in [0.5, 0.6) is 0 Å². The van der Waals surface area contributed by atoms with Crippen molar-refractivity contribution in [3.8, 4) is 0 Å². The van der Waals surface area contributed by atoms with Gasteiger partial charge in [0, 0.05) is 11.3 Å². The van der Waals surface area contributed by atoms with Crippen molar-refractivity contribution in [3.05, 3.63) is 101 Å². The van der Waals surface area contributed by atoms with Gasteiger partial charge in [0.25, 0.3) is 5.91 Å². The first-order valence-corrected chi connectivity index (χ1v) is 8.49. The molecule has 0 spiro atoms. The minimum absolute atomic E-state index is 0.162. The standard InChI is InChI=1S/C21H15ClFNO3/c22-18-9-5-4-8-17(18)21(26)27-19(14-6-2-1-3-7-14)20(25)24-16-12-10-15(23)11-13-16/h1-13,19H,(H,24,25). The van der Waals surface area contributed by atoms with E-state index in [0.717, 1.165) is 0 Å². The Hall–Kier alpha value is -3.18. The Morgan fingerprint density at radius 3 is 2.19 bits per heavy atom. The molecule has 0 heterocycles. The van der Waals surface area contributed by atoms with Crippen LogP contribution in [0.2, 0.25) is 5.02 Å². The minimum Gasteiger partial charge on any atom is -0.444 e. The topological polar surface area (TPSA) is 55.4 Å². The largest absolute Gasteiger partial charge is 0.444 e. The number of ether oxygens (including phenoxy) is 1. The summed E-state index contributed by atoms with van der Waals surface area (Å²) in [5.41, 5.74) is 1.04. The third-order valence-electron chi connectivity index (χ3n) is 3.77. The lowest BCUT2D eigenvalue weighted by Crippen LogP contribution is -2.26. The summed E-state index contributed by atoms with van der Waals surface area (Å²) in [5.74, 6) is -1.70. The maximum atomic E-state index is 13.1. The quantitative estimate of drug-likeness (QED) is 0.630. The van der Waals surface area contributed by atoms with Gasteiger partial charge < -0.3 is 10.1 Å². The first-order valence-electron chi connectivity index (χ1n) is 8.11. The van der Waals surface area contributed by atoms with Gasteiger partial charge in [-0.05, 0) is 36.4 Å². The first kappa shape index (κ1) is 18.6. The molecule has 0 aliphatic carbocycles. The summed E-state index contributed by atoms with van der Waals surface area (Å²) in [6, 6.07) is 20.3. The number of esters is 1. The number of benzene rings is 3. The lowest BCUT2D eigenvalue weighted by molar-refractivity contribution is -0.125. The summed E-state index contributed by atoms with van der Waals surface area (Å²) in [6.45, 7) is 0. The van der Waals surface area contributed by atoms with Crippen molar-refractivity contribution in [2.45, 2.75) is 6.10 Å². The van der Waals surface area contributed by atoms with Crippen molar-refractivity contribution in [1.82, 2.24) is 0 Å². The fraction of sp³-hybridized carbons (Fsp3) is 0.0476. The molecule has 3 aromatic rings. The monoisotopic (exact) mass is 383 g/mol. The van der Waals surface area contributed by atoms with Crippen LogP contribution >= 0.6 is 11.6 Å². The highest BCUT2D eigenvalue weighted by Gasteiger charge is 2.26. The molecule has 27 heavy (non-hydrogen) atoms. The SMILES string of the molecule is O=C(OC(C(=O)Nc1ccc(F)cc1)c1ccccc1)c1ccccc1Cl. The molecular formula is C21H15ClFNO3. The number of hydrogen-bond acceptors (Lipinski definition) is 3. The summed E-state index contributed by atoms with van der Waals surface area (Å²) >= 11 is 6.04. The van der Waals surface area contributed by atoms with Crippen LogP contribution < -0.4 is 5.32 Å². The molecule has 136 valence electrons. The highest BCUT2D eigenvalue weighted by Crippen LogP contribution is 2.24. The van der Waals surface area contributed by atoms with Crippen molar-refractivity contribution in [1.29, 1.82) is 0 Å². The van der Waals surface area contributed by atoms with Crippen LogP contribution in [-0.4, -0.2) is 11.9 Å². The maximum Gasteiger partial charge on any atom is 0.340 e. The first-order chi connectivity index (χ1) is 13.0. The van der Waals surface area contributed by atoms with E-state index in [4.69, 9.17) is 16.3 Å². The van der Waals surface area contributed by atoms with Gasteiger partial charge in [0.15, 0.2) is 0 Å². The maximum absolute atomic E-state index is 13.1. The van der Waals surface area contributed by atoms with E-state index in [1.807, 2.05) is 0 Å². The average Bonchev–Trinajstić information content (AvgIpc) is 2.68. The van der Waals surface area contributed by atoms with E-state index >= 15 is 0 Å². The van der Waals surface area contributed by atoms with Crippen molar-refractivity contribution >= 4 is 29.2 Å². The van der Waals surface area contributed by atoms with Crippen molar-refractivity contribution in [3.63, 3.8) is 0 Å². The van der Waals surface area contributed by atoms with Crippen LogP contribution in [0.1, 0.15) is 22.0 Å². The third-order valence-corrected chi connectivity index (χ3v) is 4.10. The Bertz CT molecular complexity index is 945. The number of halogens is 2. The molecule has 0 saturated carbocycles. The van der Waals surface area contributed by atoms with Gasteiger partial charge in [-0.1, -0.05) is 54.1 Å². The van der Waals surface area contributed by atoms with E-state index in [9.17, 15) is 14.0 Å². The summed E-state index contributed by atoms with van der Waals surface area (Å²) in [7, 11) is 0. The second kappa shape index (κ2) is 8.47. The molecule has 0 aromatic heterocycles. The predicted molar refractivity (Wildman–Crippen MR) is 101 cm³/mol. The summed E-state index contributed by atoms with van der Waals surface area (Å²) in [4.78, 5) is 25.2. The number of nitrogens with one attached hydrogen (secondary N) is 1. The van der Waals surface area contributed by atoms with E-state index in [1.54, 1.807) is 48.5 Å². The number of hydrogen-bond donors (Lipinski definition) is 1. The van der Waals surface area contributed by atoms with Gasteiger partial charge in [-0.25, -0.2) is 9.18 Å². The third kappa shape index (κ3) is 4.71. The molecule has 0 aliphatic rings. The molecule has 1 atom stereocenters. The minimum atomic E-state index is -1.19. The van der Waals surface area contributed by atoms with E-state index < -0.39 is 23.8 Å². The Morgan fingerprint density at radius 2 is 1.52 bits per heavy atom. The van der Waals surface area contributed by atoms with Crippen molar-refractivity contribution in [2.24, 2.45) is 0 Å². The van der Waals surface area contributed by atoms with Gasteiger partial charge in [0.2, 0.25) is 6.10 Å². The van der Waals surface area contributed by atoms with Crippen molar-refractivity contribution in [2.75, 3.05) is 5.32 Å². The Morgan fingerprint density at radius 1 is 0.889 bits per heavy atom. The molecule has 4 nitrogen and oxygen atoms in total. The van der Waals surface area contributed by atoms with Crippen LogP contribution in [0.25, 0.3) is 0 Å². The highest BCUT2D eigenvalue weighted by atomic mass is 35.5. The van der Waals surface area contributed by atoms with Gasteiger partial charge in [-0.2, -0.15) is 0 Å². The van der Waals surface area contributed by atoms with Crippen molar-refractivity contribution < 1.29 is 18.7 Å². The zero-order chi connectivity index (χ0) is 19.2. The molecule has 0 radical (unpaired) electrons. The van der Waals surface area contributed by atoms with Gasteiger partial charge in [-0.3, -0.25) is 4.79 Å². The Kier molecular flexibility index (Phi) is 5.84. The van der Waals surface area contributed by atoms with Gasteiger partial charge in [-0.15, -0.1) is 0 Å². The van der Waals surface area contributed by atoms with Gasteiger partial charge in [0.1, 0.15) is 5.82 Å². The lowest BCUT2D eigenvalue weighted by Gasteiger charge is -2.18. The van der Waals surface area contributed by atoms with Crippen LogP contribution in [0.15, 0.2) is 78.9 Å². The second-order valence-electron chi connectivity index (χ2n) is 5.67. The molecule has 3 aromatic carbocycles. The zero-order valence-electron chi connectivity index (χ0n) is 14.1. The average molecular weight is 384 g/mol. The number of carbonyl (C=O) groups is 2. The number of carbonyl (C=O) groups excluding carboxylic acids is 2.